The van der Waals surface area contributed by atoms with Crippen LogP contribution in [0.25, 0.3) is 0 Å². The molecule has 1 aromatic carbocycles. The lowest BCUT2D eigenvalue weighted by atomic mass is 9.95. The third-order valence-electron chi connectivity index (χ3n) is 6.89. The number of unbranched alkanes of at least 4 members (excludes halogenated alkanes) is 2. The lowest BCUT2D eigenvalue weighted by molar-refractivity contribution is -0.148. The largest absolute Gasteiger partial charge is 0.465 e. The molecular formula is C29H37F2NO4S. The van der Waals surface area contributed by atoms with E-state index >= 15 is 0 Å². The van der Waals surface area contributed by atoms with Crippen molar-refractivity contribution in [3.63, 3.8) is 0 Å². The van der Waals surface area contributed by atoms with E-state index < -0.39 is 36.4 Å². The second kappa shape index (κ2) is 13.8. The van der Waals surface area contributed by atoms with Gasteiger partial charge in [-0.25, -0.2) is 4.79 Å². The van der Waals surface area contributed by atoms with Crippen LogP contribution in [-0.4, -0.2) is 53.6 Å². The molecule has 1 amide bonds. The van der Waals surface area contributed by atoms with Crippen molar-refractivity contribution in [3.05, 3.63) is 69.9 Å². The minimum atomic E-state index is -3.40. The first kappa shape index (κ1) is 29.0. The number of hydrogen-bond donors (Lipinski definition) is 1. The van der Waals surface area contributed by atoms with Crippen LogP contribution in [0.2, 0.25) is 0 Å². The average molecular weight is 534 g/mol. The highest BCUT2D eigenvalue weighted by Crippen LogP contribution is 2.34. The SMILES string of the molecule is COC(=O)c1ccc(CCCN2C(=O)C(F)(F)CC2C=C[C@H](O)[C@@H](C)CCCCCc2ccccc2)s1. The molecule has 0 aliphatic carbocycles. The number of likely N-dealkylation sites (tertiary alicyclic amines) is 1. The molecule has 3 rings (SSSR count). The molecule has 1 fully saturated rings. The number of methoxy groups -OCH3 is 1. The van der Waals surface area contributed by atoms with Gasteiger partial charge in [0.25, 0.3) is 5.91 Å². The van der Waals surface area contributed by atoms with Crippen LogP contribution in [0.15, 0.2) is 54.6 Å². The quantitative estimate of drug-likeness (QED) is 0.182. The number of hydrogen-bond acceptors (Lipinski definition) is 5. The second-order valence-corrected chi connectivity index (χ2v) is 10.9. The fourth-order valence-corrected chi connectivity index (χ4v) is 5.59. The summed E-state index contributed by atoms with van der Waals surface area (Å²) in [7, 11) is 1.32. The summed E-state index contributed by atoms with van der Waals surface area (Å²) in [5.74, 6) is -4.96. The predicted molar refractivity (Wildman–Crippen MR) is 142 cm³/mol. The van der Waals surface area contributed by atoms with Crippen LogP contribution in [0.3, 0.4) is 0 Å². The summed E-state index contributed by atoms with van der Waals surface area (Å²) in [6, 6.07) is 13.1. The highest BCUT2D eigenvalue weighted by molar-refractivity contribution is 7.13. The first-order valence-electron chi connectivity index (χ1n) is 13.0. The van der Waals surface area contributed by atoms with E-state index in [9.17, 15) is 23.5 Å². The Balaban J connectivity index is 1.45. The molecule has 202 valence electrons. The average Bonchev–Trinajstić information content (AvgIpc) is 3.45. The normalized spacial score (nSPS) is 18.9. The number of esters is 1. The van der Waals surface area contributed by atoms with E-state index in [1.54, 1.807) is 18.2 Å². The van der Waals surface area contributed by atoms with Gasteiger partial charge in [-0.15, -0.1) is 11.3 Å². The molecule has 0 bridgehead atoms. The number of nitrogens with zero attached hydrogens (tertiary/aromatic N) is 1. The number of ether oxygens (including phenoxy) is 1. The molecule has 0 radical (unpaired) electrons. The van der Waals surface area contributed by atoms with E-state index in [0.717, 1.165) is 37.0 Å². The molecule has 1 N–H and O–H groups in total. The number of rotatable bonds is 14. The summed E-state index contributed by atoms with van der Waals surface area (Å²) in [5.41, 5.74) is 1.33. The van der Waals surface area contributed by atoms with Gasteiger partial charge in [0, 0.05) is 17.8 Å². The molecule has 1 unspecified atom stereocenters. The molecule has 2 heterocycles. The Morgan fingerprint density at radius 1 is 1.16 bits per heavy atom. The minimum absolute atomic E-state index is 0.00174. The molecule has 3 atom stereocenters. The zero-order chi connectivity index (χ0) is 26.8. The zero-order valence-electron chi connectivity index (χ0n) is 21.6. The summed E-state index contributed by atoms with van der Waals surface area (Å²) in [5, 5.41) is 10.6. The Morgan fingerprint density at radius 3 is 2.65 bits per heavy atom. The molecule has 0 spiro atoms. The number of carbonyl (C=O) groups is 2. The number of carbonyl (C=O) groups excluding carboxylic acids is 2. The van der Waals surface area contributed by atoms with Crippen molar-refractivity contribution in [3.8, 4) is 0 Å². The number of aryl methyl sites for hydroxylation is 2. The van der Waals surface area contributed by atoms with Gasteiger partial charge in [-0.1, -0.05) is 62.2 Å². The molecule has 1 aliphatic heterocycles. The van der Waals surface area contributed by atoms with E-state index in [-0.39, 0.29) is 12.5 Å². The molecular weight excluding hydrogens is 496 g/mol. The minimum Gasteiger partial charge on any atom is -0.465 e. The highest BCUT2D eigenvalue weighted by Gasteiger charge is 2.52. The number of halogens is 2. The van der Waals surface area contributed by atoms with Gasteiger partial charge in [0.2, 0.25) is 0 Å². The zero-order valence-corrected chi connectivity index (χ0v) is 22.4. The monoisotopic (exact) mass is 533 g/mol. The fourth-order valence-electron chi connectivity index (χ4n) is 4.63. The smallest absolute Gasteiger partial charge is 0.348 e. The molecule has 0 saturated carbocycles. The predicted octanol–water partition coefficient (Wildman–Crippen LogP) is 6.06. The van der Waals surface area contributed by atoms with Crippen molar-refractivity contribution < 1.29 is 28.2 Å². The van der Waals surface area contributed by atoms with Gasteiger partial charge >= 0.3 is 11.9 Å². The van der Waals surface area contributed by atoms with Crippen molar-refractivity contribution in [1.82, 2.24) is 4.90 Å². The van der Waals surface area contributed by atoms with E-state index in [1.807, 2.05) is 31.2 Å². The summed E-state index contributed by atoms with van der Waals surface area (Å²) >= 11 is 1.30. The maximum atomic E-state index is 14.2. The topological polar surface area (TPSA) is 66.8 Å². The number of aliphatic hydroxyl groups excluding tert-OH is 1. The summed E-state index contributed by atoms with van der Waals surface area (Å²) in [4.78, 5) is 26.6. The molecule has 8 heteroatoms. The third-order valence-corrected chi connectivity index (χ3v) is 8.02. The van der Waals surface area contributed by atoms with E-state index in [4.69, 9.17) is 4.74 Å². The van der Waals surface area contributed by atoms with Crippen LogP contribution in [-0.2, 0) is 22.4 Å². The number of benzene rings is 1. The van der Waals surface area contributed by atoms with Crippen LogP contribution in [0, 0.1) is 5.92 Å². The van der Waals surface area contributed by atoms with Crippen molar-refractivity contribution in [1.29, 1.82) is 0 Å². The van der Waals surface area contributed by atoms with Crippen molar-refractivity contribution in [2.45, 2.75) is 76.4 Å². The van der Waals surface area contributed by atoms with E-state index in [2.05, 4.69) is 12.1 Å². The van der Waals surface area contributed by atoms with Crippen LogP contribution in [0.5, 0.6) is 0 Å². The van der Waals surface area contributed by atoms with Gasteiger partial charge in [0.1, 0.15) is 4.88 Å². The Bertz CT molecular complexity index is 1040. The Labute approximate surface area is 222 Å². The van der Waals surface area contributed by atoms with Gasteiger partial charge in [-0.2, -0.15) is 8.78 Å². The van der Waals surface area contributed by atoms with Gasteiger partial charge in [-0.3, -0.25) is 4.79 Å². The second-order valence-electron chi connectivity index (χ2n) is 9.77. The van der Waals surface area contributed by atoms with Gasteiger partial charge in [0.15, 0.2) is 0 Å². The lowest BCUT2D eigenvalue weighted by Gasteiger charge is -2.22. The van der Waals surface area contributed by atoms with Gasteiger partial charge in [0.05, 0.1) is 19.3 Å². The molecule has 37 heavy (non-hydrogen) atoms. The molecule has 1 aliphatic rings. The van der Waals surface area contributed by atoms with Crippen LogP contribution in [0.1, 0.15) is 65.6 Å². The Morgan fingerprint density at radius 2 is 1.92 bits per heavy atom. The van der Waals surface area contributed by atoms with Gasteiger partial charge < -0.3 is 14.7 Å². The van der Waals surface area contributed by atoms with Crippen LogP contribution >= 0.6 is 11.3 Å². The van der Waals surface area contributed by atoms with Crippen molar-refractivity contribution >= 4 is 23.2 Å². The van der Waals surface area contributed by atoms with Crippen molar-refractivity contribution in [2.24, 2.45) is 5.92 Å². The van der Waals surface area contributed by atoms with Crippen LogP contribution < -0.4 is 0 Å². The van der Waals surface area contributed by atoms with Crippen LogP contribution in [0.4, 0.5) is 8.78 Å². The van der Waals surface area contributed by atoms with E-state index in [1.165, 1.54) is 28.9 Å². The molecule has 1 saturated heterocycles. The van der Waals surface area contributed by atoms with Gasteiger partial charge in [-0.05, 0) is 55.7 Å². The number of amides is 1. The Kier molecular flexibility index (Phi) is 10.8. The maximum absolute atomic E-state index is 14.2. The number of alkyl halides is 2. The maximum Gasteiger partial charge on any atom is 0.348 e. The number of aliphatic hydroxyl groups is 1. The standard InChI is InChI=1S/C29H37F2NO4S/c1-21(10-5-3-6-11-22-12-7-4-8-13-22)25(33)17-15-23-20-29(30,31)28(35)32(23)19-9-14-24-16-18-26(37-24)27(34)36-2/h4,7-8,12-13,15-18,21,23,25,33H,3,5-6,9-11,14,19-20H2,1-2H3/t21-,23?,25-/m0/s1. The van der Waals surface area contributed by atoms with Crippen molar-refractivity contribution in [2.75, 3.05) is 13.7 Å². The molecule has 5 nitrogen and oxygen atoms in total. The number of thiophene rings is 1. The fraction of sp³-hybridized carbons (Fsp3) is 0.517. The Hall–Kier alpha value is -2.58. The molecule has 2 aromatic rings. The molecule has 1 aromatic heterocycles. The summed E-state index contributed by atoms with van der Waals surface area (Å²) in [6.45, 7) is 2.14. The lowest BCUT2D eigenvalue weighted by Crippen LogP contribution is -2.36. The summed E-state index contributed by atoms with van der Waals surface area (Å²) < 4.78 is 33.2. The highest BCUT2D eigenvalue weighted by atomic mass is 32.1. The first-order chi connectivity index (χ1) is 17.7. The first-order valence-corrected chi connectivity index (χ1v) is 13.8. The third kappa shape index (κ3) is 8.47. The summed E-state index contributed by atoms with van der Waals surface area (Å²) in [6.07, 6.45) is 7.91. The van der Waals surface area contributed by atoms with E-state index in [0.29, 0.717) is 17.7 Å².